The van der Waals surface area contributed by atoms with E-state index in [4.69, 9.17) is 0 Å². The SMILES string of the molecule is CC(C)(C)N=C=Nc1ncccn1. The minimum atomic E-state index is -0.154. The summed E-state index contributed by atoms with van der Waals surface area (Å²) in [4.78, 5) is 15.7. The Hall–Kier alpha value is -1.54. The largest absolute Gasteiger partial charge is 0.258 e. The van der Waals surface area contributed by atoms with Crippen LogP contribution in [0.2, 0.25) is 0 Å². The fourth-order valence-electron chi connectivity index (χ4n) is 0.569. The van der Waals surface area contributed by atoms with E-state index in [1.807, 2.05) is 20.8 Å². The molecule has 1 aromatic rings. The summed E-state index contributed by atoms with van der Waals surface area (Å²) in [5.41, 5.74) is -0.154. The van der Waals surface area contributed by atoms with Crippen LogP contribution >= 0.6 is 0 Å². The van der Waals surface area contributed by atoms with Gasteiger partial charge in [0.05, 0.1) is 11.5 Å². The maximum absolute atomic E-state index is 4.06. The van der Waals surface area contributed by atoms with Crippen LogP contribution in [0.15, 0.2) is 28.4 Å². The fraction of sp³-hybridized carbons (Fsp3) is 0.444. The number of nitrogens with zero attached hydrogens (tertiary/aromatic N) is 4. The van der Waals surface area contributed by atoms with Crippen molar-refractivity contribution in [3.63, 3.8) is 0 Å². The molecule has 0 aliphatic carbocycles. The average Bonchev–Trinajstić information content (AvgIpc) is 2.04. The lowest BCUT2D eigenvalue weighted by Gasteiger charge is -2.06. The first-order valence-electron chi connectivity index (χ1n) is 4.02. The van der Waals surface area contributed by atoms with Gasteiger partial charge in [-0.05, 0) is 26.8 Å². The molecular formula is C9H12N4. The third kappa shape index (κ3) is 4.13. The van der Waals surface area contributed by atoms with Crippen molar-refractivity contribution in [1.82, 2.24) is 9.97 Å². The standard InChI is InChI=1S/C9H12N4/c1-9(2,3)13-7-12-8-10-5-4-6-11-8/h4-6H,1-3H3. The van der Waals surface area contributed by atoms with Crippen molar-refractivity contribution in [2.75, 3.05) is 0 Å². The van der Waals surface area contributed by atoms with Crippen LogP contribution in [-0.4, -0.2) is 21.5 Å². The van der Waals surface area contributed by atoms with Crippen LogP contribution < -0.4 is 0 Å². The number of aromatic nitrogens is 2. The number of aliphatic imine (C=N–C) groups is 2. The molecule has 0 aromatic carbocycles. The van der Waals surface area contributed by atoms with Gasteiger partial charge in [0.15, 0.2) is 0 Å². The van der Waals surface area contributed by atoms with E-state index in [9.17, 15) is 0 Å². The molecule has 68 valence electrons. The Morgan fingerprint density at radius 2 is 1.85 bits per heavy atom. The van der Waals surface area contributed by atoms with Gasteiger partial charge in [-0.2, -0.15) is 0 Å². The van der Waals surface area contributed by atoms with Crippen LogP contribution in [-0.2, 0) is 0 Å². The van der Waals surface area contributed by atoms with Crippen LogP contribution in [0.5, 0.6) is 0 Å². The summed E-state index contributed by atoms with van der Waals surface area (Å²) in [5.74, 6) is 0.385. The second-order valence-corrected chi connectivity index (χ2v) is 3.54. The highest BCUT2D eigenvalue weighted by atomic mass is 15.0. The van der Waals surface area contributed by atoms with E-state index in [0.29, 0.717) is 5.95 Å². The predicted molar refractivity (Wildman–Crippen MR) is 51.3 cm³/mol. The molecule has 0 amide bonds. The smallest absolute Gasteiger partial charge is 0.219 e. The summed E-state index contributed by atoms with van der Waals surface area (Å²) in [6.07, 6.45) is 3.26. The van der Waals surface area contributed by atoms with Gasteiger partial charge in [-0.15, -0.1) is 4.99 Å². The Morgan fingerprint density at radius 1 is 1.23 bits per heavy atom. The molecule has 0 N–H and O–H groups in total. The van der Waals surface area contributed by atoms with Crippen molar-refractivity contribution in [2.45, 2.75) is 26.3 Å². The van der Waals surface area contributed by atoms with E-state index < -0.39 is 0 Å². The molecule has 0 saturated heterocycles. The topological polar surface area (TPSA) is 50.5 Å². The lowest BCUT2D eigenvalue weighted by Crippen LogP contribution is -2.07. The van der Waals surface area contributed by atoms with Crippen LogP contribution in [0.1, 0.15) is 20.8 Å². The monoisotopic (exact) mass is 176 g/mol. The Kier molecular flexibility index (Phi) is 2.88. The summed E-state index contributed by atoms with van der Waals surface area (Å²) in [7, 11) is 0. The highest BCUT2D eigenvalue weighted by molar-refractivity contribution is 5.47. The lowest BCUT2D eigenvalue weighted by atomic mass is 10.1. The van der Waals surface area contributed by atoms with Crippen molar-refractivity contribution in [3.05, 3.63) is 18.5 Å². The molecule has 0 aliphatic heterocycles. The van der Waals surface area contributed by atoms with E-state index in [0.717, 1.165) is 0 Å². The first-order valence-corrected chi connectivity index (χ1v) is 4.02. The lowest BCUT2D eigenvalue weighted by molar-refractivity contribution is 0.587. The Balaban J connectivity index is 2.75. The summed E-state index contributed by atoms with van der Waals surface area (Å²) in [6, 6.07) is 4.30. The molecule has 13 heavy (non-hydrogen) atoms. The molecule has 4 heteroatoms. The fourth-order valence-corrected chi connectivity index (χ4v) is 0.569. The molecule has 0 aliphatic rings. The molecule has 0 unspecified atom stereocenters. The molecular weight excluding hydrogens is 164 g/mol. The Morgan fingerprint density at radius 3 is 2.38 bits per heavy atom. The van der Waals surface area contributed by atoms with Gasteiger partial charge in [-0.3, -0.25) is 0 Å². The second-order valence-electron chi connectivity index (χ2n) is 3.54. The second kappa shape index (κ2) is 3.92. The van der Waals surface area contributed by atoms with Crippen molar-refractivity contribution in [2.24, 2.45) is 9.98 Å². The summed E-state index contributed by atoms with van der Waals surface area (Å²) in [5, 5.41) is 0. The zero-order chi connectivity index (χ0) is 9.73. The highest BCUT2D eigenvalue weighted by Crippen LogP contribution is 2.04. The highest BCUT2D eigenvalue weighted by Gasteiger charge is 2.04. The molecule has 0 saturated carbocycles. The minimum Gasteiger partial charge on any atom is -0.219 e. The third-order valence-corrected chi connectivity index (χ3v) is 1.09. The summed E-state index contributed by atoms with van der Waals surface area (Å²) in [6.45, 7) is 5.92. The zero-order valence-corrected chi connectivity index (χ0v) is 8.02. The first-order chi connectivity index (χ1) is 6.08. The van der Waals surface area contributed by atoms with Gasteiger partial charge in [-0.1, -0.05) is 0 Å². The van der Waals surface area contributed by atoms with Gasteiger partial charge in [0.25, 0.3) is 5.95 Å². The summed E-state index contributed by atoms with van der Waals surface area (Å²) < 4.78 is 0. The average molecular weight is 176 g/mol. The van der Waals surface area contributed by atoms with E-state index in [2.05, 4.69) is 26.0 Å². The van der Waals surface area contributed by atoms with Crippen molar-refractivity contribution in [3.8, 4) is 0 Å². The van der Waals surface area contributed by atoms with Crippen molar-refractivity contribution in [1.29, 1.82) is 0 Å². The quantitative estimate of drug-likeness (QED) is 0.615. The molecule has 4 nitrogen and oxygen atoms in total. The van der Waals surface area contributed by atoms with Gasteiger partial charge in [-0.25, -0.2) is 15.0 Å². The third-order valence-electron chi connectivity index (χ3n) is 1.09. The molecule has 1 rings (SSSR count). The molecule has 0 radical (unpaired) electrons. The maximum Gasteiger partial charge on any atom is 0.258 e. The normalized spacial score (nSPS) is 10.4. The van der Waals surface area contributed by atoms with Gasteiger partial charge in [0.1, 0.15) is 0 Å². The molecule has 0 atom stereocenters. The van der Waals surface area contributed by atoms with Gasteiger partial charge in [0.2, 0.25) is 0 Å². The van der Waals surface area contributed by atoms with E-state index in [1.165, 1.54) is 0 Å². The van der Waals surface area contributed by atoms with Crippen LogP contribution in [0.4, 0.5) is 5.95 Å². The van der Waals surface area contributed by atoms with Gasteiger partial charge >= 0.3 is 0 Å². The number of hydrogen-bond donors (Lipinski definition) is 0. The number of rotatable bonds is 1. The molecule has 1 aromatic heterocycles. The molecule has 1 heterocycles. The van der Waals surface area contributed by atoms with Crippen LogP contribution in [0, 0.1) is 0 Å². The van der Waals surface area contributed by atoms with E-state index in [-0.39, 0.29) is 5.54 Å². The van der Waals surface area contributed by atoms with E-state index in [1.54, 1.807) is 18.5 Å². The first kappa shape index (κ1) is 9.55. The van der Waals surface area contributed by atoms with Gasteiger partial charge in [0, 0.05) is 12.4 Å². The maximum atomic E-state index is 4.06. The summed E-state index contributed by atoms with van der Waals surface area (Å²) >= 11 is 0. The van der Waals surface area contributed by atoms with E-state index >= 15 is 0 Å². The van der Waals surface area contributed by atoms with Crippen LogP contribution in [0.3, 0.4) is 0 Å². The molecule has 0 spiro atoms. The Labute approximate surface area is 77.5 Å². The predicted octanol–water partition coefficient (Wildman–Crippen LogP) is 2.08. The van der Waals surface area contributed by atoms with Crippen LogP contribution in [0.25, 0.3) is 0 Å². The molecule has 0 fully saturated rings. The van der Waals surface area contributed by atoms with Crippen molar-refractivity contribution < 1.29 is 0 Å². The Bertz CT molecular complexity index is 317. The van der Waals surface area contributed by atoms with Gasteiger partial charge < -0.3 is 0 Å². The number of hydrogen-bond acceptors (Lipinski definition) is 4. The minimum absolute atomic E-state index is 0.154. The van der Waals surface area contributed by atoms with Crippen molar-refractivity contribution >= 4 is 12.0 Å². The zero-order valence-electron chi connectivity index (χ0n) is 8.02. The molecule has 0 bridgehead atoms.